The van der Waals surface area contributed by atoms with Crippen molar-refractivity contribution < 1.29 is 8.83 Å². The molecule has 0 aliphatic carbocycles. The zero-order chi connectivity index (χ0) is 36.6. The molecule has 0 unspecified atom stereocenters. The fourth-order valence-electron chi connectivity index (χ4n) is 7.09. The molecule has 8 aromatic carbocycles. The van der Waals surface area contributed by atoms with E-state index in [9.17, 15) is 0 Å². The van der Waals surface area contributed by atoms with Crippen LogP contribution in [0.4, 0.5) is 17.1 Å². The molecule has 0 atom stereocenters. The molecule has 260 valence electrons. The summed E-state index contributed by atoms with van der Waals surface area (Å²) in [6, 6.07) is 69.1. The van der Waals surface area contributed by atoms with Gasteiger partial charge in [-0.1, -0.05) is 115 Å². The number of nitrogens with zero attached hydrogens (tertiary/aromatic N) is 3. The molecule has 0 saturated carbocycles. The minimum atomic E-state index is 0.629. The van der Waals surface area contributed by atoms with E-state index < -0.39 is 0 Å². The standard InChI is InChI=1S/C50H33N3O2/c1-3-9-39(10-4-1)49-52-46-32-27-41(33-48(46)55-49)38-17-15-34(16-18-38)36-23-28-43(29-24-36)53(42-11-5-2-6-12-42)44-30-25-37(26-31-44)35-19-21-40(22-20-35)50-51-45-13-7-8-14-47(45)54-50/h1-33H. The number of aromatic nitrogens is 2. The number of fused-ring (bicyclic) bond motifs is 2. The second-order valence-corrected chi connectivity index (χ2v) is 13.5. The molecule has 0 radical (unpaired) electrons. The number of para-hydroxylation sites is 3. The van der Waals surface area contributed by atoms with Gasteiger partial charge in [-0.3, -0.25) is 0 Å². The van der Waals surface area contributed by atoms with Crippen LogP contribution in [0.2, 0.25) is 0 Å². The van der Waals surface area contributed by atoms with Crippen LogP contribution in [0.15, 0.2) is 209 Å². The first-order valence-corrected chi connectivity index (χ1v) is 18.3. The lowest BCUT2D eigenvalue weighted by Gasteiger charge is -2.26. The largest absolute Gasteiger partial charge is 0.436 e. The average molecular weight is 708 g/mol. The van der Waals surface area contributed by atoms with Gasteiger partial charge in [0.1, 0.15) is 11.0 Å². The molecule has 5 nitrogen and oxygen atoms in total. The van der Waals surface area contributed by atoms with Crippen molar-refractivity contribution in [3.05, 3.63) is 200 Å². The quantitative estimate of drug-likeness (QED) is 0.157. The van der Waals surface area contributed by atoms with Gasteiger partial charge in [-0.15, -0.1) is 0 Å². The maximum absolute atomic E-state index is 6.14. The maximum atomic E-state index is 6.14. The summed E-state index contributed by atoms with van der Waals surface area (Å²) in [4.78, 5) is 11.6. The molecule has 0 aliphatic rings. The summed E-state index contributed by atoms with van der Waals surface area (Å²) < 4.78 is 12.1. The van der Waals surface area contributed by atoms with E-state index in [-0.39, 0.29) is 0 Å². The van der Waals surface area contributed by atoms with E-state index in [1.807, 2.05) is 66.7 Å². The Morgan fingerprint density at radius 1 is 0.291 bits per heavy atom. The van der Waals surface area contributed by atoms with Crippen LogP contribution in [-0.4, -0.2) is 9.97 Å². The van der Waals surface area contributed by atoms with Crippen LogP contribution in [0.25, 0.3) is 78.5 Å². The molecule has 5 heteroatoms. The van der Waals surface area contributed by atoms with E-state index in [4.69, 9.17) is 8.83 Å². The van der Waals surface area contributed by atoms with Crippen molar-refractivity contribution in [2.24, 2.45) is 0 Å². The predicted octanol–water partition coefficient (Wildman–Crippen LogP) is 13.8. The summed E-state index contributed by atoms with van der Waals surface area (Å²) in [6.45, 7) is 0. The van der Waals surface area contributed by atoms with Gasteiger partial charge in [0.2, 0.25) is 11.8 Å². The maximum Gasteiger partial charge on any atom is 0.227 e. The third-order valence-corrected chi connectivity index (χ3v) is 9.99. The molecule has 10 rings (SSSR count). The SMILES string of the molecule is c1ccc(-c2nc3ccc(-c4ccc(-c5ccc(N(c6ccccc6)c6ccc(-c7ccc(-c8nc9ccccc9o8)cc7)cc6)cc5)cc4)cc3o2)cc1. The molecule has 55 heavy (non-hydrogen) atoms. The number of rotatable bonds is 8. The molecular weight excluding hydrogens is 675 g/mol. The lowest BCUT2D eigenvalue weighted by atomic mass is 9.99. The molecular formula is C50H33N3O2. The van der Waals surface area contributed by atoms with Gasteiger partial charge in [0.25, 0.3) is 0 Å². The third-order valence-electron chi connectivity index (χ3n) is 9.99. The summed E-state index contributed by atoms with van der Waals surface area (Å²) in [5, 5.41) is 0. The predicted molar refractivity (Wildman–Crippen MR) is 223 cm³/mol. The van der Waals surface area contributed by atoms with E-state index >= 15 is 0 Å². The van der Waals surface area contributed by atoms with Crippen LogP contribution >= 0.6 is 0 Å². The first-order chi connectivity index (χ1) is 27.2. The lowest BCUT2D eigenvalue weighted by Crippen LogP contribution is -2.09. The summed E-state index contributed by atoms with van der Waals surface area (Å²) >= 11 is 0. The van der Waals surface area contributed by atoms with Crippen LogP contribution in [0.1, 0.15) is 0 Å². The van der Waals surface area contributed by atoms with Crippen molar-refractivity contribution in [1.82, 2.24) is 9.97 Å². The Hall–Kier alpha value is -7.50. The van der Waals surface area contributed by atoms with Crippen LogP contribution in [-0.2, 0) is 0 Å². The first kappa shape index (κ1) is 32.2. The zero-order valence-corrected chi connectivity index (χ0v) is 29.7. The van der Waals surface area contributed by atoms with Crippen molar-refractivity contribution in [2.45, 2.75) is 0 Å². The highest BCUT2D eigenvalue weighted by Crippen LogP contribution is 2.37. The third kappa shape index (κ3) is 6.34. The number of hydrogen-bond acceptors (Lipinski definition) is 5. The van der Waals surface area contributed by atoms with E-state index in [0.29, 0.717) is 11.8 Å². The van der Waals surface area contributed by atoms with Crippen molar-refractivity contribution in [2.75, 3.05) is 4.90 Å². The summed E-state index contributed by atoms with van der Waals surface area (Å²) in [6.07, 6.45) is 0. The Kier molecular flexibility index (Phi) is 8.08. The highest BCUT2D eigenvalue weighted by atomic mass is 16.4. The number of oxazole rings is 2. The second-order valence-electron chi connectivity index (χ2n) is 13.5. The number of benzene rings is 8. The van der Waals surface area contributed by atoms with E-state index in [1.165, 1.54) is 0 Å². The first-order valence-electron chi connectivity index (χ1n) is 18.3. The van der Waals surface area contributed by atoms with Crippen LogP contribution < -0.4 is 4.90 Å². The summed E-state index contributed by atoms with van der Waals surface area (Å²) in [5.74, 6) is 1.26. The lowest BCUT2D eigenvalue weighted by molar-refractivity contribution is 0.619. The summed E-state index contributed by atoms with van der Waals surface area (Å²) in [5.41, 5.74) is 15.2. The monoisotopic (exact) mass is 707 g/mol. The normalized spacial score (nSPS) is 11.3. The van der Waals surface area contributed by atoms with Gasteiger partial charge in [0.15, 0.2) is 11.2 Å². The molecule has 2 aromatic heterocycles. The Bertz CT molecular complexity index is 2850. The van der Waals surface area contributed by atoms with Gasteiger partial charge in [0.05, 0.1) is 0 Å². The molecule has 10 aromatic rings. The van der Waals surface area contributed by atoms with Gasteiger partial charge in [-0.25, -0.2) is 9.97 Å². The van der Waals surface area contributed by atoms with Gasteiger partial charge in [-0.2, -0.15) is 0 Å². The van der Waals surface area contributed by atoms with E-state index in [2.05, 4.69) is 148 Å². The van der Waals surface area contributed by atoms with Crippen LogP contribution in [0.3, 0.4) is 0 Å². The Morgan fingerprint density at radius 2 is 0.673 bits per heavy atom. The topological polar surface area (TPSA) is 55.3 Å². The smallest absolute Gasteiger partial charge is 0.227 e. The van der Waals surface area contributed by atoms with Crippen LogP contribution in [0, 0.1) is 0 Å². The van der Waals surface area contributed by atoms with E-state index in [1.54, 1.807) is 0 Å². The van der Waals surface area contributed by atoms with Crippen molar-refractivity contribution in [3.63, 3.8) is 0 Å². The van der Waals surface area contributed by atoms with Crippen molar-refractivity contribution in [3.8, 4) is 56.3 Å². The molecule has 2 heterocycles. The molecule has 0 amide bonds. The molecule has 0 spiro atoms. The number of anilines is 3. The molecule has 0 N–H and O–H groups in total. The zero-order valence-electron chi connectivity index (χ0n) is 29.7. The average Bonchev–Trinajstić information content (AvgIpc) is 3.90. The molecule has 0 bridgehead atoms. The highest BCUT2D eigenvalue weighted by molar-refractivity contribution is 5.84. The molecule has 0 saturated heterocycles. The van der Waals surface area contributed by atoms with E-state index in [0.717, 1.165) is 83.8 Å². The Balaban J connectivity index is 0.884. The Labute approximate surface area is 318 Å². The van der Waals surface area contributed by atoms with Crippen LogP contribution in [0.5, 0.6) is 0 Å². The van der Waals surface area contributed by atoms with Gasteiger partial charge >= 0.3 is 0 Å². The van der Waals surface area contributed by atoms with Crippen molar-refractivity contribution >= 4 is 39.3 Å². The minimum Gasteiger partial charge on any atom is -0.436 e. The molecule has 0 aliphatic heterocycles. The van der Waals surface area contributed by atoms with Gasteiger partial charge in [-0.05, 0) is 118 Å². The Morgan fingerprint density at radius 3 is 1.24 bits per heavy atom. The van der Waals surface area contributed by atoms with Gasteiger partial charge in [0, 0.05) is 28.2 Å². The van der Waals surface area contributed by atoms with Crippen molar-refractivity contribution in [1.29, 1.82) is 0 Å². The second kappa shape index (κ2) is 13.8. The fraction of sp³-hybridized carbons (Fsp3) is 0. The summed E-state index contributed by atoms with van der Waals surface area (Å²) in [7, 11) is 0. The fourth-order valence-corrected chi connectivity index (χ4v) is 7.09. The molecule has 0 fully saturated rings. The van der Waals surface area contributed by atoms with Gasteiger partial charge < -0.3 is 13.7 Å². The minimum absolute atomic E-state index is 0.629. The number of hydrogen-bond donors (Lipinski definition) is 0. The highest BCUT2D eigenvalue weighted by Gasteiger charge is 2.14.